The van der Waals surface area contributed by atoms with Gasteiger partial charge in [0.15, 0.2) is 0 Å². The molecule has 0 fully saturated rings. The summed E-state index contributed by atoms with van der Waals surface area (Å²) in [5.41, 5.74) is 7.35. The zero-order valence-electron chi connectivity index (χ0n) is 18.3. The second-order valence-corrected chi connectivity index (χ2v) is 6.93. The van der Waals surface area contributed by atoms with Gasteiger partial charge in [0.05, 0.1) is 43.0 Å². The maximum absolute atomic E-state index is 13.0. The zero-order valence-corrected chi connectivity index (χ0v) is 18.3. The van der Waals surface area contributed by atoms with E-state index in [0.717, 1.165) is 0 Å². The molecule has 8 heteroatoms. The number of rotatable bonds is 7. The van der Waals surface area contributed by atoms with Crippen LogP contribution in [-0.2, 0) is 19.1 Å². The number of benzene rings is 2. The molecular weight excluding hydrogens is 422 g/mol. The van der Waals surface area contributed by atoms with Crippen molar-refractivity contribution in [2.45, 2.75) is 5.92 Å². The topological polar surface area (TPSA) is 115 Å². The van der Waals surface area contributed by atoms with E-state index in [1.165, 1.54) is 19.1 Å². The van der Waals surface area contributed by atoms with Gasteiger partial charge in [0.25, 0.3) is 0 Å². The van der Waals surface area contributed by atoms with Gasteiger partial charge in [-0.1, -0.05) is 49.1 Å². The van der Waals surface area contributed by atoms with Crippen LogP contribution in [0.25, 0.3) is 0 Å². The Balaban J connectivity index is 2.34. The number of esters is 2. The molecule has 3 rings (SSSR count). The zero-order chi connectivity index (χ0) is 24.0. The van der Waals surface area contributed by atoms with Gasteiger partial charge in [-0.05, 0) is 17.7 Å². The minimum absolute atomic E-state index is 0.0136. The summed E-state index contributed by atoms with van der Waals surface area (Å²) in [6.07, 6.45) is 1.59. The SMILES string of the molecule is C=CCOc1cccc(N2C(N)=C(C#N)C(c3ccccc3)C(C(=O)OC)=C2C(=O)OC)c1. The fraction of sp³-hybridized carbons (Fsp3) is 0.160. The van der Waals surface area contributed by atoms with Crippen LogP contribution in [0.3, 0.4) is 0 Å². The van der Waals surface area contributed by atoms with Crippen LogP contribution in [0.1, 0.15) is 11.5 Å². The normalized spacial score (nSPS) is 15.5. The number of hydrogen-bond acceptors (Lipinski definition) is 8. The van der Waals surface area contributed by atoms with Crippen LogP contribution in [0.5, 0.6) is 5.75 Å². The lowest BCUT2D eigenvalue weighted by Crippen LogP contribution is -2.40. The lowest BCUT2D eigenvalue weighted by molar-refractivity contribution is -0.139. The van der Waals surface area contributed by atoms with Crippen molar-refractivity contribution in [3.63, 3.8) is 0 Å². The molecule has 2 aromatic carbocycles. The average Bonchev–Trinajstić information content (AvgIpc) is 2.86. The number of carbonyl (C=O) groups is 2. The summed E-state index contributed by atoms with van der Waals surface area (Å²) in [6, 6.07) is 17.6. The van der Waals surface area contributed by atoms with Gasteiger partial charge in [-0.15, -0.1) is 0 Å². The maximum atomic E-state index is 13.0. The molecule has 1 heterocycles. The third kappa shape index (κ3) is 4.43. The van der Waals surface area contributed by atoms with E-state index in [1.54, 1.807) is 60.7 Å². The Bertz CT molecular complexity index is 1180. The monoisotopic (exact) mass is 445 g/mol. The van der Waals surface area contributed by atoms with E-state index in [1.807, 2.05) is 0 Å². The Labute approximate surface area is 191 Å². The van der Waals surface area contributed by atoms with Crippen LogP contribution in [0, 0.1) is 11.3 Å². The number of carbonyl (C=O) groups excluding carboxylic acids is 2. The van der Waals surface area contributed by atoms with E-state index in [4.69, 9.17) is 19.9 Å². The van der Waals surface area contributed by atoms with Crippen molar-refractivity contribution in [2.75, 3.05) is 25.7 Å². The van der Waals surface area contributed by atoms with E-state index < -0.39 is 17.9 Å². The second kappa shape index (κ2) is 10.2. The van der Waals surface area contributed by atoms with Crippen molar-refractivity contribution in [1.29, 1.82) is 5.26 Å². The Morgan fingerprint density at radius 1 is 1.12 bits per heavy atom. The minimum atomic E-state index is -0.922. The third-order valence-electron chi connectivity index (χ3n) is 5.05. The van der Waals surface area contributed by atoms with Gasteiger partial charge in [0.1, 0.15) is 23.9 Å². The van der Waals surface area contributed by atoms with Crippen molar-refractivity contribution in [1.82, 2.24) is 0 Å². The first-order valence-corrected chi connectivity index (χ1v) is 9.97. The van der Waals surface area contributed by atoms with Gasteiger partial charge >= 0.3 is 11.9 Å². The predicted octanol–water partition coefficient (Wildman–Crippen LogP) is 3.15. The summed E-state index contributed by atoms with van der Waals surface area (Å²) in [6.45, 7) is 3.89. The van der Waals surface area contributed by atoms with Crippen LogP contribution in [0.4, 0.5) is 5.69 Å². The highest BCUT2D eigenvalue weighted by atomic mass is 16.5. The molecule has 0 aromatic heterocycles. The molecule has 0 saturated carbocycles. The van der Waals surface area contributed by atoms with Gasteiger partial charge in [0, 0.05) is 6.07 Å². The number of nitrogens with two attached hydrogens (primary N) is 1. The second-order valence-electron chi connectivity index (χ2n) is 6.93. The highest BCUT2D eigenvalue weighted by Crippen LogP contribution is 2.43. The number of anilines is 1. The van der Waals surface area contributed by atoms with Gasteiger partial charge in [-0.2, -0.15) is 5.26 Å². The molecule has 1 atom stereocenters. The van der Waals surface area contributed by atoms with E-state index in [-0.39, 0.29) is 29.3 Å². The van der Waals surface area contributed by atoms with Crippen LogP contribution < -0.4 is 15.4 Å². The van der Waals surface area contributed by atoms with E-state index in [2.05, 4.69) is 12.6 Å². The van der Waals surface area contributed by atoms with Gasteiger partial charge < -0.3 is 19.9 Å². The van der Waals surface area contributed by atoms with E-state index >= 15 is 0 Å². The molecule has 0 bridgehead atoms. The minimum Gasteiger partial charge on any atom is -0.489 e. The Morgan fingerprint density at radius 2 is 1.82 bits per heavy atom. The molecule has 1 unspecified atom stereocenters. The lowest BCUT2D eigenvalue weighted by atomic mass is 9.81. The summed E-state index contributed by atoms with van der Waals surface area (Å²) in [5.74, 6) is -2.05. The molecule has 0 spiro atoms. The lowest BCUT2D eigenvalue weighted by Gasteiger charge is -2.36. The summed E-state index contributed by atoms with van der Waals surface area (Å²) in [7, 11) is 2.40. The smallest absolute Gasteiger partial charge is 0.355 e. The standard InChI is InChI=1S/C25H23N3O5/c1-4-13-33-18-12-8-11-17(14-18)28-22(25(30)32-3)21(24(29)31-2)20(19(15-26)23(28)27)16-9-6-5-7-10-16/h4-12,14,20H,1,13,27H2,2-3H3. The molecule has 0 amide bonds. The Kier molecular flexibility index (Phi) is 7.16. The highest BCUT2D eigenvalue weighted by Gasteiger charge is 2.43. The van der Waals surface area contributed by atoms with Crippen LogP contribution in [-0.4, -0.2) is 32.8 Å². The molecule has 168 valence electrons. The number of nitrogens with zero attached hydrogens (tertiary/aromatic N) is 2. The summed E-state index contributed by atoms with van der Waals surface area (Å²) >= 11 is 0. The maximum Gasteiger partial charge on any atom is 0.355 e. The molecule has 0 saturated heterocycles. The number of hydrogen-bond donors (Lipinski definition) is 1. The molecule has 8 nitrogen and oxygen atoms in total. The molecular formula is C25H23N3O5. The molecule has 1 aliphatic rings. The van der Waals surface area contributed by atoms with Crippen molar-refractivity contribution < 1.29 is 23.8 Å². The van der Waals surface area contributed by atoms with Crippen LogP contribution in [0.2, 0.25) is 0 Å². The van der Waals surface area contributed by atoms with Crippen molar-refractivity contribution in [3.8, 4) is 11.8 Å². The largest absolute Gasteiger partial charge is 0.489 e. The molecule has 0 radical (unpaired) electrons. The van der Waals surface area contributed by atoms with Crippen LogP contribution >= 0.6 is 0 Å². The quantitative estimate of drug-likeness (QED) is 0.511. The molecule has 1 aliphatic heterocycles. The van der Waals surface area contributed by atoms with Gasteiger partial charge in [-0.25, -0.2) is 9.59 Å². The van der Waals surface area contributed by atoms with Gasteiger partial charge in [-0.3, -0.25) is 4.90 Å². The first-order valence-electron chi connectivity index (χ1n) is 9.97. The number of allylic oxidation sites excluding steroid dienone is 1. The van der Waals surface area contributed by atoms with Gasteiger partial charge in [0.2, 0.25) is 0 Å². The molecule has 33 heavy (non-hydrogen) atoms. The molecule has 0 aliphatic carbocycles. The van der Waals surface area contributed by atoms with E-state index in [9.17, 15) is 14.9 Å². The Morgan fingerprint density at radius 3 is 2.42 bits per heavy atom. The van der Waals surface area contributed by atoms with E-state index in [0.29, 0.717) is 17.0 Å². The summed E-state index contributed by atoms with van der Waals surface area (Å²) in [5, 5.41) is 10.0. The molecule has 2 N–H and O–H groups in total. The van der Waals surface area contributed by atoms with Crippen molar-refractivity contribution >= 4 is 17.6 Å². The number of nitriles is 1. The fourth-order valence-corrected chi connectivity index (χ4v) is 3.65. The number of methoxy groups -OCH3 is 2. The van der Waals surface area contributed by atoms with Crippen LogP contribution in [0.15, 0.2) is 89.9 Å². The third-order valence-corrected chi connectivity index (χ3v) is 5.05. The fourth-order valence-electron chi connectivity index (χ4n) is 3.65. The van der Waals surface area contributed by atoms with Crippen molar-refractivity contribution in [3.05, 3.63) is 95.5 Å². The number of ether oxygens (including phenoxy) is 3. The summed E-state index contributed by atoms with van der Waals surface area (Å²) < 4.78 is 15.6. The first-order chi connectivity index (χ1) is 16.0. The first kappa shape index (κ1) is 23.2. The molecule has 2 aromatic rings. The average molecular weight is 445 g/mol. The predicted molar refractivity (Wildman–Crippen MR) is 122 cm³/mol. The summed E-state index contributed by atoms with van der Waals surface area (Å²) in [4.78, 5) is 27.3. The van der Waals surface area contributed by atoms with Crippen molar-refractivity contribution in [2.24, 2.45) is 5.73 Å². The highest BCUT2D eigenvalue weighted by molar-refractivity contribution is 6.06. The Hall–Kier alpha value is -4.51.